The molecule has 1 aliphatic rings. The molecule has 0 saturated carbocycles. The van der Waals surface area contributed by atoms with Gasteiger partial charge in [0, 0.05) is 44.1 Å². The molecule has 0 amide bonds. The lowest BCUT2D eigenvalue weighted by atomic mass is 10.2. The van der Waals surface area contributed by atoms with Gasteiger partial charge in [-0.3, -0.25) is 10.1 Å². The summed E-state index contributed by atoms with van der Waals surface area (Å²) in [6.07, 6.45) is 1.42. The molecule has 3 aromatic rings. The van der Waals surface area contributed by atoms with E-state index in [9.17, 15) is 10.1 Å². The van der Waals surface area contributed by atoms with Crippen LogP contribution in [0.3, 0.4) is 0 Å². The van der Waals surface area contributed by atoms with Crippen molar-refractivity contribution in [3.05, 3.63) is 71.0 Å². The monoisotopic (exact) mass is 434 g/mol. The number of nitrogens with zero attached hydrogens (tertiary/aromatic N) is 6. The number of methoxy groups -OCH3 is 1. The van der Waals surface area contributed by atoms with Gasteiger partial charge in [0.1, 0.15) is 12.1 Å². The number of aromatic nitrogens is 2. The molecular formula is C23H26N6O3. The van der Waals surface area contributed by atoms with Crippen LogP contribution < -0.4 is 19.4 Å². The van der Waals surface area contributed by atoms with Gasteiger partial charge in [0.25, 0.3) is 0 Å². The lowest BCUT2D eigenvalue weighted by Gasteiger charge is -2.36. The quantitative estimate of drug-likeness (QED) is 0.409. The van der Waals surface area contributed by atoms with Crippen LogP contribution in [0.5, 0.6) is 5.75 Å². The molecule has 9 nitrogen and oxygen atoms in total. The third kappa shape index (κ3) is 4.27. The fourth-order valence-corrected chi connectivity index (χ4v) is 3.98. The molecule has 32 heavy (non-hydrogen) atoms. The highest BCUT2D eigenvalue weighted by Crippen LogP contribution is 2.37. The van der Waals surface area contributed by atoms with E-state index in [0.29, 0.717) is 31.3 Å². The molecule has 0 unspecified atom stereocenters. The minimum absolute atomic E-state index is 0.0592. The topological polar surface area (TPSA) is 87.9 Å². The molecule has 0 radical (unpaired) electrons. The Balaban J connectivity index is 1.59. The van der Waals surface area contributed by atoms with Gasteiger partial charge in [-0.15, -0.1) is 0 Å². The molecule has 1 saturated heterocycles. The van der Waals surface area contributed by atoms with E-state index in [1.807, 2.05) is 71.3 Å². The highest BCUT2D eigenvalue weighted by atomic mass is 16.6. The number of rotatable bonds is 7. The van der Waals surface area contributed by atoms with Crippen molar-refractivity contribution in [2.45, 2.75) is 6.92 Å². The fourth-order valence-electron chi connectivity index (χ4n) is 3.98. The summed E-state index contributed by atoms with van der Waals surface area (Å²) in [5, 5.41) is 12.1. The van der Waals surface area contributed by atoms with Crippen molar-refractivity contribution in [1.29, 1.82) is 0 Å². The van der Waals surface area contributed by atoms with Gasteiger partial charge in [0.2, 0.25) is 11.6 Å². The second-order valence-corrected chi connectivity index (χ2v) is 7.38. The van der Waals surface area contributed by atoms with Gasteiger partial charge in [-0.2, -0.15) is 0 Å². The van der Waals surface area contributed by atoms with Crippen LogP contribution >= 0.6 is 0 Å². The number of hydrogen-bond donors (Lipinski definition) is 0. The average Bonchev–Trinajstić information content (AvgIpc) is 2.85. The lowest BCUT2D eigenvalue weighted by molar-refractivity contribution is -0.383. The summed E-state index contributed by atoms with van der Waals surface area (Å²) in [5.74, 6) is 1.49. The Morgan fingerprint density at radius 2 is 1.66 bits per heavy atom. The Bertz CT molecular complexity index is 1050. The van der Waals surface area contributed by atoms with Crippen LogP contribution in [0.15, 0.2) is 60.9 Å². The van der Waals surface area contributed by atoms with Gasteiger partial charge in [0.15, 0.2) is 0 Å². The van der Waals surface area contributed by atoms with E-state index in [2.05, 4.69) is 14.9 Å². The number of para-hydroxylation sites is 1. The predicted molar refractivity (Wildman–Crippen MR) is 125 cm³/mol. The summed E-state index contributed by atoms with van der Waals surface area (Å²) in [5.41, 5.74) is 1.90. The number of ether oxygens (including phenoxy) is 1. The Morgan fingerprint density at radius 1 is 1.00 bits per heavy atom. The second-order valence-electron chi connectivity index (χ2n) is 7.38. The fraction of sp³-hybridized carbons (Fsp3) is 0.304. The van der Waals surface area contributed by atoms with E-state index in [-0.39, 0.29) is 10.6 Å². The Hall–Kier alpha value is -3.88. The number of anilines is 4. The number of piperazine rings is 1. The zero-order valence-electron chi connectivity index (χ0n) is 18.2. The van der Waals surface area contributed by atoms with Gasteiger partial charge in [-0.05, 0) is 43.3 Å². The van der Waals surface area contributed by atoms with Crippen molar-refractivity contribution >= 4 is 28.7 Å². The van der Waals surface area contributed by atoms with Crippen molar-refractivity contribution in [2.75, 3.05) is 54.5 Å². The Labute approximate surface area is 187 Å². The van der Waals surface area contributed by atoms with Gasteiger partial charge >= 0.3 is 5.69 Å². The molecule has 0 bridgehead atoms. The predicted octanol–water partition coefficient (Wildman–Crippen LogP) is 3.88. The lowest BCUT2D eigenvalue weighted by Crippen LogP contribution is -2.47. The van der Waals surface area contributed by atoms with Crippen molar-refractivity contribution in [3.8, 4) is 5.75 Å². The van der Waals surface area contributed by atoms with E-state index in [1.54, 1.807) is 7.11 Å². The molecule has 1 fully saturated rings. The van der Waals surface area contributed by atoms with E-state index < -0.39 is 0 Å². The first kappa shape index (κ1) is 21.4. The van der Waals surface area contributed by atoms with Crippen molar-refractivity contribution in [3.63, 3.8) is 0 Å². The summed E-state index contributed by atoms with van der Waals surface area (Å²) in [6, 6.07) is 17.5. The first-order valence-corrected chi connectivity index (χ1v) is 10.6. The standard InChI is InChI=1S/C23H26N6O3/c1-3-28(19-7-5-4-6-8-19)23-21(29(30)31)22(24-17-25-23)27-15-13-26(14-16-27)18-9-11-20(32-2)12-10-18/h4-12,17H,3,13-16H2,1-2H3. The van der Waals surface area contributed by atoms with Crippen molar-refractivity contribution in [1.82, 2.24) is 9.97 Å². The normalized spacial score (nSPS) is 13.7. The van der Waals surface area contributed by atoms with Crippen LogP contribution in [-0.2, 0) is 0 Å². The van der Waals surface area contributed by atoms with Crippen LogP contribution in [0.4, 0.5) is 28.7 Å². The van der Waals surface area contributed by atoms with Gasteiger partial charge in [-0.1, -0.05) is 18.2 Å². The SMILES string of the molecule is CCN(c1ccccc1)c1ncnc(N2CCN(c3ccc(OC)cc3)CC2)c1[N+](=O)[O-]. The van der Waals surface area contributed by atoms with Crippen LogP contribution in [0.25, 0.3) is 0 Å². The summed E-state index contributed by atoms with van der Waals surface area (Å²) < 4.78 is 5.23. The molecule has 1 aliphatic heterocycles. The summed E-state index contributed by atoms with van der Waals surface area (Å²) in [6.45, 7) is 5.22. The first-order chi connectivity index (χ1) is 15.6. The molecule has 0 aliphatic carbocycles. The Morgan fingerprint density at radius 3 is 2.25 bits per heavy atom. The van der Waals surface area contributed by atoms with Crippen molar-refractivity contribution in [2.24, 2.45) is 0 Å². The molecule has 2 aromatic carbocycles. The van der Waals surface area contributed by atoms with Crippen LogP contribution in [0, 0.1) is 10.1 Å². The smallest absolute Gasteiger partial charge is 0.353 e. The van der Waals surface area contributed by atoms with Crippen LogP contribution in [0.2, 0.25) is 0 Å². The second kappa shape index (κ2) is 9.51. The molecule has 166 valence electrons. The van der Waals surface area contributed by atoms with Crippen LogP contribution in [0.1, 0.15) is 6.92 Å². The molecule has 4 rings (SSSR count). The molecular weight excluding hydrogens is 408 g/mol. The van der Waals surface area contributed by atoms with Gasteiger partial charge in [0.05, 0.1) is 12.0 Å². The van der Waals surface area contributed by atoms with E-state index >= 15 is 0 Å². The molecule has 0 atom stereocenters. The van der Waals surface area contributed by atoms with Gasteiger partial charge in [-0.25, -0.2) is 9.97 Å². The molecule has 0 N–H and O–H groups in total. The maximum absolute atomic E-state index is 12.1. The zero-order chi connectivity index (χ0) is 22.5. The molecule has 0 spiro atoms. The van der Waals surface area contributed by atoms with E-state index in [4.69, 9.17) is 4.74 Å². The summed E-state index contributed by atoms with van der Waals surface area (Å²) >= 11 is 0. The summed E-state index contributed by atoms with van der Waals surface area (Å²) in [7, 11) is 1.65. The molecule has 1 aromatic heterocycles. The highest BCUT2D eigenvalue weighted by molar-refractivity contribution is 5.76. The minimum Gasteiger partial charge on any atom is -0.497 e. The van der Waals surface area contributed by atoms with Crippen LogP contribution in [-0.4, -0.2) is 54.7 Å². The maximum atomic E-state index is 12.1. The van der Waals surface area contributed by atoms with E-state index in [0.717, 1.165) is 30.2 Å². The van der Waals surface area contributed by atoms with Crippen molar-refractivity contribution < 1.29 is 9.66 Å². The van der Waals surface area contributed by atoms with Gasteiger partial charge < -0.3 is 19.4 Å². The third-order valence-corrected chi connectivity index (χ3v) is 5.62. The maximum Gasteiger partial charge on any atom is 0.353 e. The average molecular weight is 435 g/mol. The minimum atomic E-state index is -0.369. The molecule has 2 heterocycles. The zero-order valence-corrected chi connectivity index (χ0v) is 18.2. The number of nitro groups is 1. The highest BCUT2D eigenvalue weighted by Gasteiger charge is 2.31. The number of benzene rings is 2. The van der Waals surface area contributed by atoms with E-state index in [1.165, 1.54) is 6.33 Å². The first-order valence-electron chi connectivity index (χ1n) is 10.6. The molecule has 9 heteroatoms. The third-order valence-electron chi connectivity index (χ3n) is 5.62. The number of hydrogen-bond acceptors (Lipinski definition) is 8. The largest absolute Gasteiger partial charge is 0.497 e. The summed E-state index contributed by atoms with van der Waals surface area (Å²) in [4.78, 5) is 26.5. The Kier molecular flexibility index (Phi) is 6.34.